The van der Waals surface area contributed by atoms with Crippen molar-refractivity contribution in [2.45, 2.75) is 6.92 Å². The van der Waals surface area contributed by atoms with Gasteiger partial charge in [0.05, 0.1) is 23.0 Å². The van der Waals surface area contributed by atoms with Gasteiger partial charge in [0.15, 0.2) is 0 Å². The lowest BCUT2D eigenvalue weighted by Crippen LogP contribution is -2.22. The molecule has 2 aromatic heterocycles. The Morgan fingerprint density at radius 1 is 1.07 bits per heavy atom. The molecule has 0 aliphatic rings. The van der Waals surface area contributed by atoms with Crippen molar-refractivity contribution in [3.05, 3.63) is 98.2 Å². The number of aromatic amines is 2. The van der Waals surface area contributed by atoms with Gasteiger partial charge in [0, 0.05) is 22.7 Å². The van der Waals surface area contributed by atoms with Crippen molar-refractivity contribution in [1.82, 2.24) is 20.2 Å². The molecule has 0 spiro atoms. The normalized spacial score (nSPS) is 11.2. The van der Waals surface area contributed by atoms with E-state index >= 15 is 0 Å². The van der Waals surface area contributed by atoms with E-state index < -0.39 is 5.91 Å². The number of hydrogen-bond acceptors (Lipinski definition) is 4. The average molecular weight is 387 g/mol. The van der Waals surface area contributed by atoms with Crippen LogP contribution in [0.3, 0.4) is 0 Å². The average Bonchev–Trinajstić information content (AvgIpc) is 3.02. The molecule has 0 aliphatic heterocycles. The van der Waals surface area contributed by atoms with Crippen molar-refractivity contribution in [2.75, 3.05) is 0 Å². The number of carbonyl (C=O) groups is 1. The van der Waals surface area contributed by atoms with Gasteiger partial charge in [-0.15, -0.1) is 0 Å². The van der Waals surface area contributed by atoms with Crippen molar-refractivity contribution in [2.24, 2.45) is 5.10 Å². The Morgan fingerprint density at radius 3 is 2.59 bits per heavy atom. The number of pyridine rings is 1. The third-order valence-electron chi connectivity index (χ3n) is 4.49. The number of carbonyl (C=O) groups excluding carboxylic acids is 1. The largest absolute Gasteiger partial charge is 0.322 e. The van der Waals surface area contributed by atoms with E-state index in [2.05, 4.69) is 20.6 Å². The highest BCUT2D eigenvalue weighted by Crippen LogP contribution is 2.14. The smallest absolute Gasteiger partial charge is 0.280 e. The summed E-state index contributed by atoms with van der Waals surface area (Å²) in [5, 5.41) is 7.50. The molecule has 29 heavy (non-hydrogen) atoms. The minimum atomic E-state index is -0.542. The van der Waals surface area contributed by atoms with Crippen LogP contribution in [0.1, 0.15) is 21.6 Å². The summed E-state index contributed by atoms with van der Waals surface area (Å²) in [5.74, 6) is -0.542. The maximum absolute atomic E-state index is 12.6. The summed E-state index contributed by atoms with van der Waals surface area (Å²) in [4.78, 5) is 39.7. The first kappa shape index (κ1) is 18.2. The lowest BCUT2D eigenvalue weighted by Gasteiger charge is -2.04. The quantitative estimate of drug-likeness (QED) is 0.368. The number of rotatable bonds is 4. The molecule has 2 aromatic carbocycles. The van der Waals surface area contributed by atoms with Crippen LogP contribution in [0, 0.1) is 6.92 Å². The van der Waals surface area contributed by atoms with Crippen LogP contribution in [0.5, 0.6) is 0 Å². The van der Waals surface area contributed by atoms with Crippen LogP contribution in [-0.2, 0) is 0 Å². The summed E-state index contributed by atoms with van der Waals surface area (Å²) in [5.41, 5.74) is 4.10. The van der Waals surface area contributed by atoms with Gasteiger partial charge in [0.2, 0.25) is 5.56 Å². The van der Waals surface area contributed by atoms with Crippen LogP contribution in [0.2, 0.25) is 0 Å². The van der Waals surface area contributed by atoms with Gasteiger partial charge >= 0.3 is 0 Å². The Labute approximate surface area is 164 Å². The van der Waals surface area contributed by atoms with E-state index in [0.717, 1.165) is 0 Å². The number of aryl methyl sites for hydroxylation is 1. The summed E-state index contributed by atoms with van der Waals surface area (Å²) in [6.45, 7) is 1.74. The molecule has 1 amide bonds. The summed E-state index contributed by atoms with van der Waals surface area (Å²) in [6.07, 6.45) is 1.29. The predicted molar refractivity (Wildman–Crippen MR) is 111 cm³/mol. The lowest BCUT2D eigenvalue weighted by atomic mass is 10.1. The molecule has 8 nitrogen and oxygen atoms in total. The number of amides is 1. The van der Waals surface area contributed by atoms with E-state index in [0.29, 0.717) is 27.8 Å². The Bertz CT molecular complexity index is 1350. The van der Waals surface area contributed by atoms with Gasteiger partial charge in [0.1, 0.15) is 0 Å². The molecular formula is C21H17N5O3. The Hall–Kier alpha value is -4.20. The van der Waals surface area contributed by atoms with Gasteiger partial charge in [-0.1, -0.05) is 36.4 Å². The van der Waals surface area contributed by atoms with E-state index in [9.17, 15) is 14.4 Å². The van der Waals surface area contributed by atoms with Crippen LogP contribution in [0.25, 0.3) is 16.6 Å². The zero-order valence-electron chi connectivity index (χ0n) is 15.5. The molecule has 4 rings (SSSR count). The molecule has 0 saturated carbocycles. The van der Waals surface area contributed by atoms with Crippen molar-refractivity contribution in [3.8, 4) is 5.69 Å². The maximum atomic E-state index is 12.6. The SMILES string of the molecule is Cc1[nH]n(-c2ccccc2)c(=O)c1/C=N/NC(=O)c1cc(=O)[nH]c2ccccc12. The van der Waals surface area contributed by atoms with Crippen LogP contribution in [0.4, 0.5) is 0 Å². The standard InChI is InChI=1S/C21H17N5O3/c1-13-17(21(29)26(25-13)14-7-3-2-4-8-14)12-22-24-20(28)16-11-19(27)23-18-10-6-5-9-15(16)18/h2-12,25H,1H3,(H,23,27)(H,24,28)/b22-12+. The highest BCUT2D eigenvalue weighted by molar-refractivity contribution is 6.06. The van der Waals surface area contributed by atoms with Crippen molar-refractivity contribution in [3.63, 3.8) is 0 Å². The van der Waals surface area contributed by atoms with Gasteiger partial charge < -0.3 is 4.98 Å². The number of aromatic nitrogens is 3. The molecular weight excluding hydrogens is 370 g/mol. The van der Waals surface area contributed by atoms with Gasteiger partial charge in [-0.2, -0.15) is 5.10 Å². The van der Waals surface area contributed by atoms with Gasteiger partial charge in [-0.3, -0.25) is 19.5 Å². The number of hydrazone groups is 1. The summed E-state index contributed by atoms with van der Waals surface area (Å²) in [7, 11) is 0. The zero-order valence-corrected chi connectivity index (χ0v) is 15.5. The molecule has 0 fully saturated rings. The van der Waals surface area contributed by atoms with Crippen molar-refractivity contribution >= 4 is 23.0 Å². The van der Waals surface area contributed by atoms with Crippen molar-refractivity contribution < 1.29 is 4.79 Å². The molecule has 3 N–H and O–H groups in total. The highest BCUT2D eigenvalue weighted by atomic mass is 16.2. The first-order valence-corrected chi connectivity index (χ1v) is 8.87. The summed E-state index contributed by atoms with van der Waals surface area (Å²) >= 11 is 0. The molecule has 0 unspecified atom stereocenters. The highest BCUT2D eigenvalue weighted by Gasteiger charge is 2.12. The molecule has 0 aliphatic carbocycles. The second-order valence-electron chi connectivity index (χ2n) is 6.42. The molecule has 8 heteroatoms. The second kappa shape index (κ2) is 7.43. The number of fused-ring (bicyclic) bond motifs is 1. The Kier molecular flexibility index (Phi) is 4.66. The summed E-state index contributed by atoms with van der Waals surface area (Å²) < 4.78 is 1.41. The zero-order chi connectivity index (χ0) is 20.4. The van der Waals surface area contributed by atoms with Gasteiger partial charge in [-0.05, 0) is 25.1 Å². The van der Waals surface area contributed by atoms with E-state index in [4.69, 9.17) is 0 Å². The fraction of sp³-hybridized carbons (Fsp3) is 0.0476. The summed E-state index contributed by atoms with van der Waals surface area (Å²) in [6, 6.07) is 17.3. The predicted octanol–water partition coefficient (Wildman–Crippen LogP) is 2.08. The number of nitrogens with one attached hydrogen (secondary N) is 3. The third-order valence-corrected chi connectivity index (χ3v) is 4.49. The van der Waals surface area contributed by atoms with E-state index in [1.54, 1.807) is 43.3 Å². The molecule has 4 aromatic rings. The molecule has 0 radical (unpaired) electrons. The topological polar surface area (TPSA) is 112 Å². The van der Waals surface area contributed by atoms with Crippen LogP contribution in [0.15, 0.2) is 75.4 Å². The van der Waals surface area contributed by atoms with E-state index in [1.807, 2.05) is 18.2 Å². The number of H-pyrrole nitrogens is 2. The number of benzene rings is 2. The second-order valence-corrected chi connectivity index (χ2v) is 6.42. The number of nitrogens with zero attached hydrogens (tertiary/aromatic N) is 2. The molecule has 0 atom stereocenters. The van der Waals surface area contributed by atoms with Gasteiger partial charge in [0.25, 0.3) is 11.5 Å². The van der Waals surface area contributed by atoms with Crippen LogP contribution in [-0.4, -0.2) is 26.9 Å². The molecule has 0 bridgehead atoms. The maximum Gasteiger partial charge on any atom is 0.280 e. The van der Waals surface area contributed by atoms with Crippen LogP contribution >= 0.6 is 0 Å². The fourth-order valence-corrected chi connectivity index (χ4v) is 3.08. The first-order valence-electron chi connectivity index (χ1n) is 8.87. The van der Waals surface area contributed by atoms with Crippen molar-refractivity contribution in [1.29, 1.82) is 0 Å². The minimum absolute atomic E-state index is 0.203. The Morgan fingerprint density at radius 2 is 1.79 bits per heavy atom. The third kappa shape index (κ3) is 3.51. The number of hydrogen-bond donors (Lipinski definition) is 3. The molecule has 144 valence electrons. The lowest BCUT2D eigenvalue weighted by molar-refractivity contribution is 0.0956. The molecule has 2 heterocycles. The van der Waals surface area contributed by atoms with Crippen LogP contribution < -0.4 is 16.5 Å². The van der Waals surface area contributed by atoms with E-state index in [1.165, 1.54) is 17.0 Å². The Balaban J connectivity index is 1.61. The van der Waals surface area contributed by atoms with Gasteiger partial charge in [-0.25, -0.2) is 10.1 Å². The monoisotopic (exact) mass is 387 g/mol. The first-order chi connectivity index (χ1) is 14.0. The van der Waals surface area contributed by atoms with E-state index in [-0.39, 0.29) is 16.7 Å². The minimum Gasteiger partial charge on any atom is -0.322 e. The molecule has 0 saturated heterocycles. The fourth-order valence-electron chi connectivity index (χ4n) is 3.08. The number of para-hydroxylation sites is 2.